The summed E-state index contributed by atoms with van der Waals surface area (Å²) in [7, 11) is 0. The van der Waals surface area contributed by atoms with E-state index < -0.39 is 16.3 Å². The predicted octanol–water partition coefficient (Wildman–Crippen LogP) is 2.28. The van der Waals surface area contributed by atoms with Crippen LogP contribution in [0, 0.1) is 15.5 Å². The van der Waals surface area contributed by atoms with E-state index in [1.807, 2.05) is 4.90 Å². The molecule has 1 atom stereocenters. The summed E-state index contributed by atoms with van der Waals surface area (Å²) in [5.41, 5.74) is -0.0378. The molecule has 108 valence electrons. The number of likely N-dealkylation sites (tertiary alicyclic amines) is 1. The number of nitro benzene ring substituents is 1. The van der Waals surface area contributed by atoms with Gasteiger partial charge in [0.15, 0.2) is 0 Å². The van der Waals surface area contributed by atoms with Crippen molar-refractivity contribution >= 4 is 11.7 Å². The molecule has 1 saturated heterocycles. The molecule has 0 spiro atoms. The van der Waals surface area contributed by atoms with E-state index in [9.17, 15) is 20.0 Å². The summed E-state index contributed by atoms with van der Waals surface area (Å²) in [5, 5.41) is 20.3. The lowest BCUT2D eigenvalue weighted by Gasteiger charge is -2.37. The normalized spacial score (nSPS) is 23.4. The number of carbonyl (C=O) groups is 1. The number of nitro groups is 1. The van der Waals surface area contributed by atoms with Crippen LogP contribution in [-0.2, 0) is 11.3 Å². The third-order valence-electron chi connectivity index (χ3n) is 3.87. The van der Waals surface area contributed by atoms with Crippen molar-refractivity contribution in [1.29, 1.82) is 0 Å². The van der Waals surface area contributed by atoms with Crippen LogP contribution in [0.15, 0.2) is 24.3 Å². The third kappa shape index (κ3) is 2.96. The fourth-order valence-corrected chi connectivity index (χ4v) is 2.72. The van der Waals surface area contributed by atoms with Gasteiger partial charge in [0.2, 0.25) is 0 Å². The van der Waals surface area contributed by atoms with Crippen molar-refractivity contribution in [3.63, 3.8) is 0 Å². The van der Waals surface area contributed by atoms with Crippen LogP contribution in [0.5, 0.6) is 0 Å². The molecule has 0 saturated carbocycles. The number of hydrogen-bond acceptors (Lipinski definition) is 4. The lowest BCUT2D eigenvalue weighted by atomic mass is 9.82. The zero-order chi connectivity index (χ0) is 14.8. The summed E-state index contributed by atoms with van der Waals surface area (Å²) >= 11 is 0. The minimum absolute atomic E-state index is 0.0927. The zero-order valence-corrected chi connectivity index (χ0v) is 11.4. The second-order valence-electron chi connectivity index (χ2n) is 5.57. The average Bonchev–Trinajstić information content (AvgIpc) is 2.39. The molecule has 0 aliphatic carbocycles. The quantitative estimate of drug-likeness (QED) is 0.674. The van der Waals surface area contributed by atoms with Crippen molar-refractivity contribution in [2.75, 3.05) is 13.1 Å². The van der Waals surface area contributed by atoms with Gasteiger partial charge in [0, 0.05) is 24.7 Å². The number of rotatable bonds is 4. The number of para-hydroxylation sites is 1. The molecular weight excluding hydrogens is 260 g/mol. The molecule has 1 unspecified atom stereocenters. The highest BCUT2D eigenvalue weighted by Crippen LogP contribution is 2.31. The Balaban J connectivity index is 2.14. The van der Waals surface area contributed by atoms with Gasteiger partial charge in [0.25, 0.3) is 5.69 Å². The van der Waals surface area contributed by atoms with Crippen molar-refractivity contribution in [1.82, 2.24) is 4.90 Å². The van der Waals surface area contributed by atoms with Crippen molar-refractivity contribution in [2.45, 2.75) is 26.3 Å². The molecule has 1 aromatic carbocycles. The number of benzene rings is 1. The van der Waals surface area contributed by atoms with Crippen LogP contribution in [0.1, 0.15) is 25.3 Å². The maximum absolute atomic E-state index is 11.3. The van der Waals surface area contributed by atoms with Crippen molar-refractivity contribution in [3.05, 3.63) is 39.9 Å². The molecule has 0 bridgehead atoms. The molecule has 6 nitrogen and oxygen atoms in total. The molecule has 0 radical (unpaired) electrons. The Morgan fingerprint density at radius 2 is 2.20 bits per heavy atom. The molecule has 0 aromatic heterocycles. The van der Waals surface area contributed by atoms with Gasteiger partial charge in [0.05, 0.1) is 10.3 Å². The van der Waals surface area contributed by atoms with Gasteiger partial charge in [-0.1, -0.05) is 18.2 Å². The highest BCUT2D eigenvalue weighted by atomic mass is 16.6. The third-order valence-corrected chi connectivity index (χ3v) is 3.87. The Kier molecular flexibility index (Phi) is 4.04. The van der Waals surface area contributed by atoms with E-state index >= 15 is 0 Å². The second kappa shape index (κ2) is 5.58. The van der Waals surface area contributed by atoms with Crippen LogP contribution in [0.4, 0.5) is 5.69 Å². The molecule has 1 N–H and O–H groups in total. The lowest BCUT2D eigenvalue weighted by molar-refractivity contribution is -0.385. The van der Waals surface area contributed by atoms with E-state index in [2.05, 4.69) is 0 Å². The Morgan fingerprint density at radius 1 is 1.50 bits per heavy atom. The van der Waals surface area contributed by atoms with Gasteiger partial charge in [-0.15, -0.1) is 0 Å². The largest absolute Gasteiger partial charge is 0.481 e. The summed E-state index contributed by atoms with van der Waals surface area (Å²) in [6, 6.07) is 6.61. The first-order valence-electron chi connectivity index (χ1n) is 6.60. The molecular formula is C14H18N2O4. The van der Waals surface area contributed by atoms with Crippen LogP contribution in [0.25, 0.3) is 0 Å². The molecule has 20 heavy (non-hydrogen) atoms. The number of carboxylic acids is 1. The molecule has 1 aliphatic rings. The molecule has 1 heterocycles. The molecule has 2 rings (SSSR count). The topological polar surface area (TPSA) is 83.7 Å². The van der Waals surface area contributed by atoms with Gasteiger partial charge in [-0.2, -0.15) is 0 Å². The fraction of sp³-hybridized carbons (Fsp3) is 0.500. The Morgan fingerprint density at radius 3 is 2.85 bits per heavy atom. The molecule has 1 aliphatic heterocycles. The molecule has 1 fully saturated rings. The van der Waals surface area contributed by atoms with Crippen LogP contribution < -0.4 is 0 Å². The van der Waals surface area contributed by atoms with Gasteiger partial charge in [0.1, 0.15) is 0 Å². The minimum Gasteiger partial charge on any atom is -0.481 e. The first-order valence-corrected chi connectivity index (χ1v) is 6.60. The Hall–Kier alpha value is -1.95. The minimum atomic E-state index is -0.801. The number of carboxylic acid groups (broad SMARTS) is 1. The molecule has 6 heteroatoms. The molecule has 0 amide bonds. The van der Waals surface area contributed by atoms with Crippen LogP contribution in [0.3, 0.4) is 0 Å². The summed E-state index contributed by atoms with van der Waals surface area (Å²) in [4.78, 5) is 23.9. The second-order valence-corrected chi connectivity index (χ2v) is 5.57. The maximum atomic E-state index is 11.3. The standard InChI is InChI=1S/C14H18N2O4/c1-14(13(17)18)7-4-8-15(10-14)9-11-5-2-3-6-12(11)16(19)20/h2-3,5-6H,4,7-10H2,1H3,(H,17,18). The number of nitrogens with zero attached hydrogens (tertiary/aromatic N) is 2. The first kappa shape index (κ1) is 14.5. The summed E-state index contributed by atoms with van der Waals surface area (Å²) in [6.07, 6.45) is 1.44. The Bertz CT molecular complexity index is 532. The smallest absolute Gasteiger partial charge is 0.310 e. The first-order chi connectivity index (χ1) is 9.42. The zero-order valence-electron chi connectivity index (χ0n) is 11.4. The number of piperidine rings is 1. The van der Waals surface area contributed by atoms with E-state index in [0.29, 0.717) is 25.1 Å². The Labute approximate surface area is 117 Å². The number of aliphatic carboxylic acids is 1. The van der Waals surface area contributed by atoms with E-state index in [0.717, 1.165) is 13.0 Å². The summed E-state index contributed by atoms with van der Waals surface area (Å²) in [5.74, 6) is -0.801. The lowest BCUT2D eigenvalue weighted by Crippen LogP contribution is -2.45. The molecule has 1 aromatic rings. The van der Waals surface area contributed by atoms with Crippen molar-refractivity contribution in [3.8, 4) is 0 Å². The van der Waals surface area contributed by atoms with Crippen LogP contribution in [0.2, 0.25) is 0 Å². The van der Waals surface area contributed by atoms with Gasteiger partial charge < -0.3 is 5.11 Å². The van der Waals surface area contributed by atoms with E-state index in [4.69, 9.17) is 0 Å². The van der Waals surface area contributed by atoms with Gasteiger partial charge in [-0.25, -0.2) is 0 Å². The number of hydrogen-bond donors (Lipinski definition) is 1. The maximum Gasteiger partial charge on any atom is 0.310 e. The van der Waals surface area contributed by atoms with Crippen molar-refractivity contribution < 1.29 is 14.8 Å². The monoisotopic (exact) mass is 278 g/mol. The summed E-state index contributed by atoms with van der Waals surface area (Å²) in [6.45, 7) is 3.35. The highest BCUT2D eigenvalue weighted by Gasteiger charge is 2.38. The van der Waals surface area contributed by atoms with E-state index in [-0.39, 0.29) is 5.69 Å². The summed E-state index contributed by atoms with van der Waals surface area (Å²) < 4.78 is 0. The van der Waals surface area contributed by atoms with Crippen LogP contribution >= 0.6 is 0 Å². The fourth-order valence-electron chi connectivity index (χ4n) is 2.72. The van der Waals surface area contributed by atoms with Crippen molar-refractivity contribution in [2.24, 2.45) is 5.41 Å². The van der Waals surface area contributed by atoms with Crippen LogP contribution in [-0.4, -0.2) is 34.0 Å². The average molecular weight is 278 g/mol. The van der Waals surface area contributed by atoms with E-state index in [1.54, 1.807) is 25.1 Å². The SMILES string of the molecule is CC1(C(=O)O)CCCN(Cc2ccccc2[N+](=O)[O-])C1. The van der Waals surface area contributed by atoms with E-state index in [1.165, 1.54) is 6.07 Å². The van der Waals surface area contributed by atoms with Gasteiger partial charge >= 0.3 is 5.97 Å². The predicted molar refractivity (Wildman–Crippen MR) is 73.4 cm³/mol. The highest BCUT2D eigenvalue weighted by molar-refractivity contribution is 5.74. The van der Waals surface area contributed by atoms with Gasteiger partial charge in [-0.05, 0) is 26.3 Å². The van der Waals surface area contributed by atoms with Gasteiger partial charge in [-0.3, -0.25) is 19.8 Å².